The first kappa shape index (κ1) is 27.6. The van der Waals surface area contributed by atoms with E-state index in [0.29, 0.717) is 44.7 Å². The summed E-state index contributed by atoms with van der Waals surface area (Å²) in [6.45, 7) is 6.73. The first-order valence-electron chi connectivity index (χ1n) is 13.0. The van der Waals surface area contributed by atoms with E-state index in [1.165, 1.54) is 11.8 Å². The second-order valence-electron chi connectivity index (χ2n) is 9.69. The maximum atomic E-state index is 13.4. The molecule has 0 radical (unpaired) electrons. The topological polar surface area (TPSA) is 63.1 Å². The number of benzene rings is 2. The molecule has 2 heterocycles. The van der Waals surface area contributed by atoms with E-state index in [1.807, 2.05) is 21.9 Å². The number of piperazine rings is 1. The number of carbonyl (C=O) groups is 1. The smallest absolute Gasteiger partial charge is 0.417 e. The highest BCUT2D eigenvalue weighted by Crippen LogP contribution is 2.34. The predicted molar refractivity (Wildman–Crippen MR) is 140 cm³/mol. The molecule has 204 valence electrons. The molecule has 4 rings (SSSR count). The molecule has 2 saturated heterocycles. The largest absolute Gasteiger partial charge is 0.497 e. The lowest BCUT2D eigenvalue weighted by molar-refractivity contribution is -0.137. The van der Waals surface area contributed by atoms with Crippen molar-refractivity contribution >= 4 is 17.3 Å². The Bertz CT molecular complexity index is 1120. The number of hydrogen-bond donors (Lipinski definition) is 0. The molecule has 2 aromatic carbocycles. The van der Waals surface area contributed by atoms with Crippen LogP contribution in [0.4, 0.5) is 24.5 Å². The number of carbonyl (C=O) groups excluding carboxylic acids is 1. The Balaban J connectivity index is 1.21. The van der Waals surface area contributed by atoms with Crippen molar-refractivity contribution < 1.29 is 22.7 Å². The summed E-state index contributed by atoms with van der Waals surface area (Å²) in [4.78, 5) is 21.3. The summed E-state index contributed by atoms with van der Waals surface area (Å²) in [6.07, 6.45) is -2.66. The van der Waals surface area contributed by atoms with Crippen LogP contribution in [0.1, 0.15) is 30.4 Å². The summed E-state index contributed by atoms with van der Waals surface area (Å²) >= 11 is 0. The van der Waals surface area contributed by atoms with Gasteiger partial charge in [-0.15, -0.1) is 0 Å². The molecule has 0 saturated carbocycles. The number of anilines is 2. The molecule has 1 amide bonds. The van der Waals surface area contributed by atoms with Crippen LogP contribution in [0.25, 0.3) is 0 Å². The van der Waals surface area contributed by atoms with Crippen molar-refractivity contribution in [1.29, 1.82) is 5.26 Å². The molecular formula is C28H34F3N5O2. The number of hydrogen-bond acceptors (Lipinski definition) is 6. The third kappa shape index (κ3) is 6.90. The van der Waals surface area contributed by atoms with E-state index in [9.17, 15) is 18.0 Å². The average Bonchev–Trinajstić information content (AvgIpc) is 3.19. The van der Waals surface area contributed by atoms with Crippen molar-refractivity contribution in [2.45, 2.75) is 25.4 Å². The molecule has 2 aliphatic heterocycles. The zero-order valence-corrected chi connectivity index (χ0v) is 21.7. The molecular weight excluding hydrogens is 495 g/mol. The van der Waals surface area contributed by atoms with Crippen LogP contribution in [0.2, 0.25) is 0 Å². The Kier molecular flexibility index (Phi) is 9.00. The van der Waals surface area contributed by atoms with Crippen LogP contribution >= 0.6 is 0 Å². The van der Waals surface area contributed by atoms with Gasteiger partial charge in [0.1, 0.15) is 5.75 Å². The molecule has 0 atom stereocenters. The molecule has 0 aliphatic carbocycles. The van der Waals surface area contributed by atoms with Gasteiger partial charge in [-0.25, -0.2) is 0 Å². The van der Waals surface area contributed by atoms with E-state index in [4.69, 9.17) is 10.00 Å². The number of nitriles is 1. The Hall–Kier alpha value is -3.45. The van der Waals surface area contributed by atoms with E-state index < -0.39 is 11.7 Å². The van der Waals surface area contributed by atoms with Crippen LogP contribution in [-0.2, 0) is 11.0 Å². The second-order valence-corrected chi connectivity index (χ2v) is 9.69. The summed E-state index contributed by atoms with van der Waals surface area (Å²) in [5.74, 6) is 0.943. The van der Waals surface area contributed by atoms with Gasteiger partial charge in [0, 0.05) is 70.2 Å². The summed E-state index contributed by atoms with van der Waals surface area (Å²) in [5, 5.41) is 9.04. The van der Waals surface area contributed by atoms with Crippen LogP contribution in [0.5, 0.6) is 5.75 Å². The quantitative estimate of drug-likeness (QED) is 0.535. The van der Waals surface area contributed by atoms with Gasteiger partial charge in [0.2, 0.25) is 5.91 Å². The number of ether oxygens (including phenoxy) is 1. The summed E-state index contributed by atoms with van der Waals surface area (Å²) in [6, 6.07) is 13.5. The molecule has 38 heavy (non-hydrogen) atoms. The SMILES string of the molecule is COc1ccc(N2CCN(CCCC(=O)N3CCCN(c4ccc(C#N)c(C(F)(F)F)c4)CC3)CC2)cc1. The Morgan fingerprint density at radius 2 is 1.58 bits per heavy atom. The van der Waals surface area contributed by atoms with E-state index in [-0.39, 0.29) is 11.5 Å². The summed E-state index contributed by atoms with van der Waals surface area (Å²) in [7, 11) is 1.66. The molecule has 2 aromatic rings. The van der Waals surface area contributed by atoms with Gasteiger partial charge in [-0.05, 0) is 61.9 Å². The highest BCUT2D eigenvalue weighted by Gasteiger charge is 2.34. The maximum Gasteiger partial charge on any atom is 0.417 e. The first-order chi connectivity index (χ1) is 18.3. The highest BCUT2D eigenvalue weighted by molar-refractivity contribution is 5.76. The van der Waals surface area contributed by atoms with Crippen LogP contribution in [-0.4, -0.2) is 81.7 Å². The Morgan fingerprint density at radius 3 is 2.24 bits per heavy atom. The standard InChI is InChI=1S/C28H34F3N5O2/c1-38-25-9-7-23(8-10-25)35-16-14-33(15-17-35)11-2-4-27(37)36-13-3-12-34(18-19-36)24-6-5-22(21-32)26(20-24)28(29,30)31/h5-10,20H,2-4,11-19H2,1H3. The molecule has 2 aliphatic rings. The first-order valence-corrected chi connectivity index (χ1v) is 13.0. The van der Waals surface area contributed by atoms with Crippen molar-refractivity contribution in [2.24, 2.45) is 0 Å². The minimum absolute atomic E-state index is 0.0968. The molecule has 0 aromatic heterocycles. The zero-order valence-electron chi connectivity index (χ0n) is 21.7. The normalized spacial score (nSPS) is 17.2. The van der Waals surface area contributed by atoms with Gasteiger partial charge in [-0.2, -0.15) is 18.4 Å². The van der Waals surface area contributed by atoms with Crippen LogP contribution < -0.4 is 14.5 Å². The van der Waals surface area contributed by atoms with E-state index in [1.54, 1.807) is 19.2 Å². The van der Waals surface area contributed by atoms with Gasteiger partial charge in [-0.1, -0.05) is 0 Å². The van der Waals surface area contributed by atoms with E-state index in [0.717, 1.165) is 51.0 Å². The van der Waals surface area contributed by atoms with E-state index >= 15 is 0 Å². The summed E-state index contributed by atoms with van der Waals surface area (Å²) in [5.41, 5.74) is 0.320. The van der Waals surface area contributed by atoms with Crippen molar-refractivity contribution in [3.8, 4) is 11.8 Å². The molecule has 10 heteroatoms. The van der Waals surface area contributed by atoms with Gasteiger partial charge in [0.15, 0.2) is 0 Å². The lowest BCUT2D eigenvalue weighted by Crippen LogP contribution is -2.46. The molecule has 0 spiro atoms. The molecule has 0 N–H and O–H groups in total. The zero-order chi connectivity index (χ0) is 27.1. The van der Waals surface area contributed by atoms with Crippen molar-refractivity contribution in [3.63, 3.8) is 0 Å². The second kappa shape index (κ2) is 12.4. The third-order valence-electron chi connectivity index (χ3n) is 7.32. The molecule has 0 unspecified atom stereocenters. The Labute approximate surface area is 222 Å². The van der Waals surface area contributed by atoms with Crippen LogP contribution in [0.3, 0.4) is 0 Å². The number of alkyl halides is 3. The fraction of sp³-hybridized carbons (Fsp3) is 0.500. The monoisotopic (exact) mass is 529 g/mol. The van der Waals surface area contributed by atoms with Gasteiger partial charge in [-0.3, -0.25) is 9.69 Å². The molecule has 0 bridgehead atoms. The van der Waals surface area contributed by atoms with Gasteiger partial charge >= 0.3 is 6.18 Å². The van der Waals surface area contributed by atoms with Gasteiger partial charge in [0.05, 0.1) is 24.3 Å². The number of methoxy groups -OCH3 is 1. The van der Waals surface area contributed by atoms with Crippen LogP contribution in [0, 0.1) is 11.3 Å². The number of halogens is 3. The third-order valence-corrected chi connectivity index (χ3v) is 7.32. The fourth-order valence-corrected chi connectivity index (χ4v) is 5.12. The fourth-order valence-electron chi connectivity index (χ4n) is 5.12. The van der Waals surface area contributed by atoms with Crippen molar-refractivity contribution in [1.82, 2.24) is 9.80 Å². The molecule has 7 nitrogen and oxygen atoms in total. The highest BCUT2D eigenvalue weighted by atomic mass is 19.4. The number of amides is 1. The molecule has 2 fully saturated rings. The minimum Gasteiger partial charge on any atom is -0.497 e. The predicted octanol–water partition coefficient (Wildman–Crippen LogP) is 4.23. The lowest BCUT2D eigenvalue weighted by atomic mass is 10.1. The maximum absolute atomic E-state index is 13.4. The van der Waals surface area contributed by atoms with E-state index in [2.05, 4.69) is 21.9 Å². The minimum atomic E-state index is -4.59. The Morgan fingerprint density at radius 1 is 0.921 bits per heavy atom. The number of nitrogens with zero attached hydrogens (tertiary/aromatic N) is 5. The van der Waals surface area contributed by atoms with Crippen molar-refractivity contribution in [3.05, 3.63) is 53.6 Å². The van der Waals surface area contributed by atoms with Crippen LogP contribution in [0.15, 0.2) is 42.5 Å². The van der Waals surface area contributed by atoms with Gasteiger partial charge in [0.25, 0.3) is 0 Å². The lowest BCUT2D eigenvalue weighted by Gasteiger charge is -2.36. The summed E-state index contributed by atoms with van der Waals surface area (Å²) < 4.78 is 45.4. The van der Waals surface area contributed by atoms with Gasteiger partial charge < -0.3 is 19.4 Å². The number of rotatable bonds is 7. The average molecular weight is 530 g/mol. The van der Waals surface area contributed by atoms with Crippen molar-refractivity contribution in [2.75, 3.05) is 75.8 Å².